The summed E-state index contributed by atoms with van der Waals surface area (Å²) < 4.78 is 10.5. The number of non-ortho nitro benzene ring substituents is 1. The molecular formula is C19H19NO7. The van der Waals surface area contributed by atoms with Gasteiger partial charge in [-0.05, 0) is 50.3 Å². The van der Waals surface area contributed by atoms with Crippen molar-refractivity contribution in [3.05, 3.63) is 51.1 Å². The topological polar surface area (TPSA) is 113 Å². The van der Waals surface area contributed by atoms with E-state index in [0.29, 0.717) is 18.4 Å². The predicted octanol–water partition coefficient (Wildman–Crippen LogP) is 2.90. The Balaban J connectivity index is 1.67. The largest absolute Gasteiger partial charge is 0.454 e. The summed E-state index contributed by atoms with van der Waals surface area (Å²) in [6.45, 7) is 1.13. The Hall–Kier alpha value is -3.03. The normalized spacial score (nSPS) is 18.3. The lowest BCUT2D eigenvalue weighted by molar-refractivity contribution is -0.384. The highest BCUT2D eigenvalue weighted by Crippen LogP contribution is 2.43. The number of carbonyl (C=O) groups excluding carboxylic acids is 3. The van der Waals surface area contributed by atoms with Crippen LogP contribution in [0.5, 0.6) is 0 Å². The van der Waals surface area contributed by atoms with E-state index in [9.17, 15) is 24.5 Å². The number of ketones is 1. The van der Waals surface area contributed by atoms with Gasteiger partial charge in [0.05, 0.1) is 10.5 Å². The van der Waals surface area contributed by atoms with E-state index < -0.39 is 34.9 Å². The molecule has 0 radical (unpaired) electrons. The quantitative estimate of drug-likeness (QED) is 0.337. The van der Waals surface area contributed by atoms with Crippen LogP contribution in [0.25, 0.3) is 0 Å². The summed E-state index contributed by atoms with van der Waals surface area (Å²) in [7, 11) is 0. The lowest BCUT2D eigenvalue weighted by Gasteiger charge is -2.33. The summed E-state index contributed by atoms with van der Waals surface area (Å²) in [4.78, 5) is 46.7. The van der Waals surface area contributed by atoms with E-state index in [1.165, 1.54) is 24.3 Å². The van der Waals surface area contributed by atoms with Crippen molar-refractivity contribution in [2.45, 2.75) is 44.6 Å². The molecule has 1 aliphatic heterocycles. The Labute approximate surface area is 155 Å². The number of Topliss-reactive ketones (excluding diaryl/α,β-unsaturated/α-hetero) is 1. The van der Waals surface area contributed by atoms with Crippen molar-refractivity contribution in [2.75, 3.05) is 6.61 Å². The van der Waals surface area contributed by atoms with Gasteiger partial charge in [0.15, 0.2) is 6.61 Å². The second kappa shape index (κ2) is 7.30. The Morgan fingerprint density at radius 1 is 1.19 bits per heavy atom. The van der Waals surface area contributed by atoms with Crippen LogP contribution in [-0.2, 0) is 19.1 Å². The molecule has 1 aliphatic carbocycles. The van der Waals surface area contributed by atoms with Crippen molar-refractivity contribution in [2.24, 2.45) is 0 Å². The van der Waals surface area contributed by atoms with Gasteiger partial charge in [0, 0.05) is 12.1 Å². The van der Waals surface area contributed by atoms with Crippen LogP contribution in [0.3, 0.4) is 0 Å². The third-order valence-electron chi connectivity index (χ3n) is 5.14. The molecule has 0 aromatic heterocycles. The van der Waals surface area contributed by atoms with Crippen LogP contribution in [0, 0.1) is 10.1 Å². The highest BCUT2D eigenvalue weighted by molar-refractivity contribution is 6.20. The molecule has 8 nitrogen and oxygen atoms in total. The molecule has 0 atom stereocenters. The van der Waals surface area contributed by atoms with Gasteiger partial charge in [-0.25, -0.2) is 9.59 Å². The maximum absolute atomic E-state index is 12.4. The minimum atomic E-state index is -0.796. The molecule has 1 fully saturated rings. The fourth-order valence-electron chi connectivity index (χ4n) is 3.61. The van der Waals surface area contributed by atoms with Crippen LogP contribution in [0.4, 0.5) is 5.69 Å². The molecule has 1 heterocycles. The molecule has 0 saturated heterocycles. The first-order valence-corrected chi connectivity index (χ1v) is 8.73. The van der Waals surface area contributed by atoms with E-state index >= 15 is 0 Å². The predicted molar refractivity (Wildman–Crippen MR) is 93.0 cm³/mol. The summed E-state index contributed by atoms with van der Waals surface area (Å²) in [5.41, 5.74) is -0.188. The van der Waals surface area contributed by atoms with Crippen molar-refractivity contribution in [3.8, 4) is 0 Å². The molecule has 2 aliphatic rings. The number of nitrogens with zero attached hydrogens (tertiary/aromatic N) is 1. The number of esters is 2. The number of benzene rings is 1. The fourth-order valence-corrected chi connectivity index (χ4v) is 3.61. The average Bonchev–Trinajstić information content (AvgIpc) is 2.89. The molecular weight excluding hydrogens is 354 g/mol. The molecule has 142 valence electrons. The summed E-state index contributed by atoms with van der Waals surface area (Å²) in [6.07, 6.45) is 4.33. The van der Waals surface area contributed by atoms with E-state index in [-0.39, 0.29) is 16.8 Å². The number of rotatable bonds is 5. The van der Waals surface area contributed by atoms with Crippen LogP contribution in [0.1, 0.15) is 49.4 Å². The van der Waals surface area contributed by atoms with Gasteiger partial charge < -0.3 is 9.47 Å². The average molecular weight is 373 g/mol. The van der Waals surface area contributed by atoms with Gasteiger partial charge in [0.25, 0.3) is 5.69 Å². The van der Waals surface area contributed by atoms with Crippen LogP contribution >= 0.6 is 0 Å². The molecule has 0 amide bonds. The summed E-state index contributed by atoms with van der Waals surface area (Å²) in [6, 6.07) is 4.84. The first-order valence-electron chi connectivity index (χ1n) is 8.73. The third kappa shape index (κ3) is 3.60. The SMILES string of the molecule is CC1=C(C(=O)COC(=O)c2ccc([N+](=O)[O-])cc2)C(=O)OC12CCCCC2. The van der Waals surface area contributed by atoms with Crippen molar-refractivity contribution in [1.82, 2.24) is 0 Å². The van der Waals surface area contributed by atoms with Gasteiger partial charge in [-0.2, -0.15) is 0 Å². The number of nitro groups is 1. The minimum absolute atomic E-state index is 0.0339. The van der Waals surface area contributed by atoms with E-state index in [4.69, 9.17) is 9.47 Å². The minimum Gasteiger partial charge on any atom is -0.454 e. The second-order valence-electron chi connectivity index (χ2n) is 6.75. The van der Waals surface area contributed by atoms with Crippen molar-refractivity contribution in [3.63, 3.8) is 0 Å². The Morgan fingerprint density at radius 2 is 1.81 bits per heavy atom. The number of hydrogen-bond donors (Lipinski definition) is 0. The van der Waals surface area contributed by atoms with Gasteiger partial charge in [0.1, 0.15) is 11.2 Å². The molecule has 0 N–H and O–H groups in total. The second-order valence-corrected chi connectivity index (χ2v) is 6.75. The Kier molecular flexibility index (Phi) is 5.07. The van der Waals surface area contributed by atoms with E-state index in [1.54, 1.807) is 6.92 Å². The maximum Gasteiger partial charge on any atom is 0.342 e. The van der Waals surface area contributed by atoms with Crippen LogP contribution < -0.4 is 0 Å². The van der Waals surface area contributed by atoms with E-state index in [2.05, 4.69) is 0 Å². The van der Waals surface area contributed by atoms with Crippen molar-refractivity contribution in [1.29, 1.82) is 0 Å². The summed E-state index contributed by atoms with van der Waals surface area (Å²) in [5.74, 6) is -2.06. The number of nitro benzene ring substituents is 1. The third-order valence-corrected chi connectivity index (χ3v) is 5.14. The number of ether oxygens (including phenoxy) is 2. The zero-order valence-electron chi connectivity index (χ0n) is 14.9. The Morgan fingerprint density at radius 3 is 2.41 bits per heavy atom. The molecule has 1 spiro atoms. The standard InChI is InChI=1S/C19H19NO7/c1-12-16(18(23)27-19(12)9-3-2-4-10-19)15(21)11-26-17(22)13-5-7-14(8-6-13)20(24)25/h5-8H,2-4,9-11H2,1H3. The van der Waals surface area contributed by atoms with Crippen molar-refractivity contribution >= 4 is 23.4 Å². The summed E-state index contributed by atoms with van der Waals surface area (Å²) in [5, 5.41) is 10.6. The highest BCUT2D eigenvalue weighted by atomic mass is 16.6. The van der Waals surface area contributed by atoms with Crippen LogP contribution in [-0.4, -0.2) is 34.9 Å². The zero-order chi connectivity index (χ0) is 19.6. The van der Waals surface area contributed by atoms with Crippen LogP contribution in [0.2, 0.25) is 0 Å². The molecule has 1 aromatic carbocycles. The zero-order valence-corrected chi connectivity index (χ0v) is 14.9. The van der Waals surface area contributed by atoms with E-state index in [0.717, 1.165) is 19.3 Å². The van der Waals surface area contributed by atoms with Gasteiger partial charge in [0.2, 0.25) is 5.78 Å². The van der Waals surface area contributed by atoms with Gasteiger partial charge in [-0.1, -0.05) is 6.42 Å². The molecule has 27 heavy (non-hydrogen) atoms. The van der Waals surface area contributed by atoms with Crippen LogP contribution in [0.15, 0.2) is 35.4 Å². The molecule has 0 unspecified atom stereocenters. The van der Waals surface area contributed by atoms with E-state index in [1.807, 2.05) is 0 Å². The lowest BCUT2D eigenvalue weighted by atomic mass is 9.79. The maximum atomic E-state index is 12.4. The molecule has 3 rings (SSSR count). The van der Waals surface area contributed by atoms with Gasteiger partial charge in [-0.3, -0.25) is 14.9 Å². The molecule has 0 bridgehead atoms. The molecule has 8 heteroatoms. The fraction of sp³-hybridized carbons (Fsp3) is 0.421. The lowest BCUT2D eigenvalue weighted by Crippen LogP contribution is -2.33. The molecule has 1 saturated carbocycles. The number of carbonyl (C=O) groups is 3. The van der Waals surface area contributed by atoms with Crippen molar-refractivity contribution < 1.29 is 28.8 Å². The number of hydrogen-bond acceptors (Lipinski definition) is 7. The Bertz CT molecular complexity index is 832. The highest BCUT2D eigenvalue weighted by Gasteiger charge is 2.47. The molecule has 1 aromatic rings. The summed E-state index contributed by atoms with van der Waals surface area (Å²) >= 11 is 0. The smallest absolute Gasteiger partial charge is 0.342 e. The first-order chi connectivity index (χ1) is 12.8. The van der Waals surface area contributed by atoms with Gasteiger partial charge >= 0.3 is 11.9 Å². The first kappa shape index (κ1) is 18.8. The monoisotopic (exact) mass is 373 g/mol. The van der Waals surface area contributed by atoms with Gasteiger partial charge in [-0.15, -0.1) is 0 Å².